The molecule has 0 nitrogen and oxygen atoms in total. The summed E-state index contributed by atoms with van der Waals surface area (Å²) in [6.07, 6.45) is 6.47. The van der Waals surface area contributed by atoms with Crippen molar-refractivity contribution in [3.05, 3.63) is 142 Å². The van der Waals surface area contributed by atoms with Crippen molar-refractivity contribution >= 4 is 0 Å². The second-order valence-corrected chi connectivity index (χ2v) is 8.53. The second-order valence-electron chi connectivity index (χ2n) is 8.53. The molecule has 0 fully saturated rings. The molecule has 0 N–H and O–H groups in total. The second kappa shape index (κ2) is 8.71. The molecule has 0 heteroatoms. The lowest BCUT2D eigenvalue weighted by molar-refractivity contribution is 0.889. The van der Waals surface area contributed by atoms with Crippen molar-refractivity contribution in [2.45, 2.75) is 38.5 Å². The van der Waals surface area contributed by atoms with Crippen LogP contribution in [0.2, 0.25) is 0 Å². The van der Waals surface area contributed by atoms with E-state index < -0.39 is 0 Å². The van der Waals surface area contributed by atoms with Gasteiger partial charge in [0.25, 0.3) is 0 Å². The van der Waals surface area contributed by atoms with E-state index in [0.717, 1.165) is 38.5 Å². The van der Waals surface area contributed by atoms with Crippen LogP contribution < -0.4 is 0 Å². The lowest BCUT2D eigenvalue weighted by Crippen LogP contribution is -2.05. The largest absolute Gasteiger partial charge is 0.0622 e. The van der Waals surface area contributed by atoms with Crippen LogP contribution in [0.3, 0.4) is 0 Å². The average molecular weight is 389 g/mol. The summed E-state index contributed by atoms with van der Waals surface area (Å²) in [4.78, 5) is 0. The zero-order chi connectivity index (χ0) is 20.2. The van der Waals surface area contributed by atoms with Gasteiger partial charge in [0.2, 0.25) is 0 Å². The van der Waals surface area contributed by atoms with E-state index in [-0.39, 0.29) is 0 Å². The van der Waals surface area contributed by atoms with E-state index in [1.807, 2.05) is 0 Å². The first-order valence-electron chi connectivity index (χ1n) is 11.1. The molecular formula is C30H28. The maximum Gasteiger partial charge on any atom is -0.00229 e. The summed E-state index contributed by atoms with van der Waals surface area (Å²) in [5, 5.41) is 0. The molecule has 4 aromatic carbocycles. The molecule has 0 saturated heterocycles. The van der Waals surface area contributed by atoms with E-state index in [9.17, 15) is 0 Å². The van der Waals surface area contributed by atoms with Crippen LogP contribution in [0.1, 0.15) is 44.5 Å². The quantitative estimate of drug-likeness (QED) is 0.363. The molecule has 8 rings (SSSR count). The SMILES string of the molecule is c1ccc(Cc2cc3ccc2CCc2ccc(c(Cc4ccccc4)c2)CC3)cc1. The number of aryl methyl sites for hydroxylation is 4. The van der Waals surface area contributed by atoms with Gasteiger partial charge in [-0.1, -0.05) is 97.1 Å². The fourth-order valence-corrected chi connectivity index (χ4v) is 4.68. The maximum atomic E-state index is 2.47. The molecule has 0 spiro atoms. The van der Waals surface area contributed by atoms with Crippen molar-refractivity contribution in [3.8, 4) is 0 Å². The summed E-state index contributed by atoms with van der Waals surface area (Å²) in [5.74, 6) is 0. The average Bonchev–Trinajstić information content (AvgIpc) is 2.78. The Bertz CT molecular complexity index is 1030. The molecule has 0 saturated carbocycles. The molecule has 148 valence electrons. The number of benzene rings is 4. The standard InChI is InChI=1S/C30H28/c1-3-7-23(8-4-1)19-29-21-25-11-15-27(29)17-13-26-12-16-28(18-14-25)30(22-26)20-24-9-5-2-6-10-24/h1-12,15-16,21-22H,13-14,17-20H2. The number of hydrogen-bond acceptors (Lipinski definition) is 0. The molecule has 30 heavy (non-hydrogen) atoms. The van der Waals surface area contributed by atoms with Crippen LogP contribution >= 0.6 is 0 Å². The van der Waals surface area contributed by atoms with Gasteiger partial charge in [0, 0.05) is 0 Å². The minimum Gasteiger partial charge on any atom is -0.0622 e. The van der Waals surface area contributed by atoms with Gasteiger partial charge in [0.05, 0.1) is 0 Å². The Morgan fingerprint density at radius 1 is 0.433 bits per heavy atom. The van der Waals surface area contributed by atoms with Crippen LogP contribution in [-0.4, -0.2) is 0 Å². The highest BCUT2D eigenvalue weighted by Gasteiger charge is 2.11. The van der Waals surface area contributed by atoms with Crippen LogP contribution in [0, 0.1) is 0 Å². The topological polar surface area (TPSA) is 0 Å². The zero-order valence-corrected chi connectivity index (χ0v) is 17.5. The van der Waals surface area contributed by atoms with Crippen molar-refractivity contribution in [3.63, 3.8) is 0 Å². The van der Waals surface area contributed by atoms with Gasteiger partial charge in [0.1, 0.15) is 0 Å². The summed E-state index contributed by atoms with van der Waals surface area (Å²) in [7, 11) is 0. The Morgan fingerprint density at radius 2 is 0.867 bits per heavy atom. The smallest absolute Gasteiger partial charge is 0.00229 e. The van der Waals surface area contributed by atoms with Crippen LogP contribution in [0.15, 0.2) is 97.1 Å². The minimum atomic E-state index is 1.03. The summed E-state index contributed by atoms with van der Waals surface area (Å²) in [5.41, 5.74) is 11.7. The van der Waals surface area contributed by atoms with E-state index in [1.165, 1.54) is 44.5 Å². The van der Waals surface area contributed by atoms with E-state index in [4.69, 9.17) is 0 Å². The Balaban J connectivity index is 1.45. The fraction of sp³-hybridized carbons (Fsp3) is 0.200. The molecule has 4 aliphatic carbocycles. The molecule has 0 radical (unpaired) electrons. The van der Waals surface area contributed by atoms with Gasteiger partial charge >= 0.3 is 0 Å². The molecule has 0 aliphatic heterocycles. The van der Waals surface area contributed by atoms with Gasteiger partial charge in [-0.05, 0) is 83.0 Å². The van der Waals surface area contributed by atoms with E-state index in [1.54, 1.807) is 0 Å². The van der Waals surface area contributed by atoms with Crippen LogP contribution in [0.25, 0.3) is 0 Å². The first-order valence-corrected chi connectivity index (χ1v) is 11.1. The van der Waals surface area contributed by atoms with Gasteiger partial charge in [-0.15, -0.1) is 0 Å². The fourth-order valence-electron chi connectivity index (χ4n) is 4.68. The highest BCUT2D eigenvalue weighted by atomic mass is 14.2. The lowest BCUT2D eigenvalue weighted by Gasteiger charge is -2.17. The Labute approximate surface area is 180 Å². The zero-order valence-electron chi connectivity index (χ0n) is 17.5. The molecule has 0 heterocycles. The maximum absolute atomic E-state index is 2.47. The van der Waals surface area contributed by atoms with Crippen LogP contribution in [0.4, 0.5) is 0 Å². The van der Waals surface area contributed by atoms with Crippen LogP contribution in [-0.2, 0) is 38.5 Å². The van der Waals surface area contributed by atoms with Crippen molar-refractivity contribution in [1.82, 2.24) is 0 Å². The Kier molecular flexibility index (Phi) is 5.48. The van der Waals surface area contributed by atoms with Crippen molar-refractivity contribution in [2.75, 3.05) is 0 Å². The minimum absolute atomic E-state index is 1.03. The summed E-state index contributed by atoms with van der Waals surface area (Å²) in [6.45, 7) is 0. The summed E-state index contributed by atoms with van der Waals surface area (Å²) >= 11 is 0. The number of hydrogen-bond donors (Lipinski definition) is 0. The van der Waals surface area contributed by atoms with Gasteiger partial charge in [-0.2, -0.15) is 0 Å². The monoisotopic (exact) mass is 388 g/mol. The Morgan fingerprint density at radius 3 is 1.30 bits per heavy atom. The molecule has 0 unspecified atom stereocenters. The summed E-state index contributed by atoms with van der Waals surface area (Å²) < 4.78 is 0. The third kappa shape index (κ3) is 4.39. The third-order valence-corrected chi connectivity index (χ3v) is 6.38. The first-order chi connectivity index (χ1) is 14.8. The van der Waals surface area contributed by atoms with Crippen molar-refractivity contribution < 1.29 is 0 Å². The number of rotatable bonds is 4. The van der Waals surface area contributed by atoms with E-state index in [0.29, 0.717) is 0 Å². The van der Waals surface area contributed by atoms with E-state index in [2.05, 4.69) is 97.1 Å². The van der Waals surface area contributed by atoms with Gasteiger partial charge in [-0.25, -0.2) is 0 Å². The molecule has 4 aliphatic rings. The molecule has 4 bridgehead atoms. The Hall–Kier alpha value is -3.12. The van der Waals surface area contributed by atoms with Crippen molar-refractivity contribution in [1.29, 1.82) is 0 Å². The predicted molar refractivity (Wildman–Crippen MR) is 126 cm³/mol. The van der Waals surface area contributed by atoms with Gasteiger partial charge < -0.3 is 0 Å². The van der Waals surface area contributed by atoms with Crippen LogP contribution in [0.5, 0.6) is 0 Å². The molecular weight excluding hydrogens is 360 g/mol. The third-order valence-electron chi connectivity index (χ3n) is 6.38. The predicted octanol–water partition coefficient (Wildman–Crippen LogP) is 6.75. The molecule has 0 atom stereocenters. The first kappa shape index (κ1) is 18.9. The van der Waals surface area contributed by atoms with Gasteiger partial charge in [-0.3, -0.25) is 0 Å². The lowest BCUT2D eigenvalue weighted by atomic mass is 9.88. The normalized spacial score (nSPS) is 13.1. The molecule has 4 aromatic rings. The highest BCUT2D eigenvalue weighted by Crippen LogP contribution is 2.24. The molecule has 0 amide bonds. The van der Waals surface area contributed by atoms with Crippen molar-refractivity contribution in [2.24, 2.45) is 0 Å². The summed E-state index contributed by atoms with van der Waals surface area (Å²) in [6, 6.07) is 36.2. The molecule has 0 aromatic heterocycles. The van der Waals surface area contributed by atoms with Gasteiger partial charge in [0.15, 0.2) is 0 Å². The van der Waals surface area contributed by atoms with E-state index >= 15 is 0 Å². The highest BCUT2D eigenvalue weighted by molar-refractivity contribution is 5.41.